The number of amides is 2. The van der Waals surface area contributed by atoms with Crippen LogP contribution in [0.1, 0.15) is 26.3 Å². The highest BCUT2D eigenvalue weighted by Gasteiger charge is 2.30. The summed E-state index contributed by atoms with van der Waals surface area (Å²) in [7, 11) is -3.72. The summed E-state index contributed by atoms with van der Waals surface area (Å²) in [5.74, 6) is -0.529. The van der Waals surface area contributed by atoms with Gasteiger partial charge in [0.05, 0.1) is 11.9 Å². The molecule has 0 aliphatic rings. The minimum Gasteiger partial charge on any atom is -0.354 e. The van der Waals surface area contributed by atoms with Crippen LogP contribution in [0.25, 0.3) is 0 Å². The first-order chi connectivity index (χ1) is 15.0. The minimum absolute atomic E-state index is 0.138. The number of sulfonamides is 1. The van der Waals surface area contributed by atoms with E-state index < -0.39 is 28.5 Å². The van der Waals surface area contributed by atoms with E-state index in [4.69, 9.17) is 11.6 Å². The molecular weight excluding hydrogens is 450 g/mol. The summed E-state index contributed by atoms with van der Waals surface area (Å²) in [6.45, 7) is 5.79. The van der Waals surface area contributed by atoms with Gasteiger partial charge in [0.25, 0.3) is 0 Å². The summed E-state index contributed by atoms with van der Waals surface area (Å²) >= 11 is 5.96. The average Bonchev–Trinajstić information content (AvgIpc) is 2.74. The quantitative estimate of drug-likeness (QED) is 0.566. The third-order valence-electron chi connectivity index (χ3n) is 4.84. The molecule has 174 valence electrons. The molecule has 0 aromatic heterocycles. The number of anilines is 1. The molecule has 1 N–H and O–H groups in total. The highest BCUT2D eigenvalue weighted by molar-refractivity contribution is 7.92. The molecule has 0 aliphatic heterocycles. The Balaban J connectivity index is 2.32. The number of hydrogen-bond donors (Lipinski definition) is 1. The van der Waals surface area contributed by atoms with Crippen molar-refractivity contribution in [3.8, 4) is 0 Å². The van der Waals surface area contributed by atoms with E-state index in [0.717, 1.165) is 16.1 Å². The van der Waals surface area contributed by atoms with Crippen LogP contribution in [-0.2, 0) is 26.2 Å². The van der Waals surface area contributed by atoms with E-state index in [9.17, 15) is 18.0 Å². The smallest absolute Gasteiger partial charge is 0.244 e. The molecule has 1 atom stereocenters. The molecule has 0 radical (unpaired) electrons. The van der Waals surface area contributed by atoms with E-state index in [1.807, 2.05) is 13.8 Å². The van der Waals surface area contributed by atoms with Gasteiger partial charge < -0.3 is 10.2 Å². The van der Waals surface area contributed by atoms with Crippen molar-refractivity contribution in [2.45, 2.75) is 33.4 Å². The number of rotatable bonds is 10. The van der Waals surface area contributed by atoms with E-state index in [-0.39, 0.29) is 18.4 Å². The number of carbonyl (C=O) groups is 2. The molecule has 2 rings (SSSR count). The zero-order valence-corrected chi connectivity index (χ0v) is 20.4. The number of nitrogens with one attached hydrogen (secondary N) is 1. The largest absolute Gasteiger partial charge is 0.354 e. The highest BCUT2D eigenvalue weighted by Crippen LogP contribution is 2.19. The molecule has 0 spiro atoms. The van der Waals surface area contributed by atoms with Crippen LogP contribution in [0.3, 0.4) is 0 Å². The van der Waals surface area contributed by atoms with Gasteiger partial charge >= 0.3 is 0 Å². The fraction of sp³-hybridized carbons (Fsp3) is 0.391. The lowest BCUT2D eigenvalue weighted by Crippen LogP contribution is -2.51. The molecule has 0 unspecified atom stereocenters. The maximum absolute atomic E-state index is 13.3. The van der Waals surface area contributed by atoms with E-state index in [2.05, 4.69) is 5.32 Å². The molecule has 0 aliphatic carbocycles. The van der Waals surface area contributed by atoms with Crippen molar-refractivity contribution >= 4 is 39.1 Å². The van der Waals surface area contributed by atoms with Crippen molar-refractivity contribution in [3.05, 3.63) is 65.2 Å². The normalized spacial score (nSPS) is 12.3. The van der Waals surface area contributed by atoms with Gasteiger partial charge in [0.15, 0.2) is 0 Å². The first-order valence-corrected chi connectivity index (χ1v) is 12.6. The Labute approximate surface area is 195 Å². The van der Waals surface area contributed by atoms with Crippen LogP contribution in [-0.4, -0.2) is 50.5 Å². The lowest BCUT2D eigenvalue weighted by atomic mass is 10.1. The second-order valence-corrected chi connectivity index (χ2v) is 10.4. The predicted molar refractivity (Wildman–Crippen MR) is 128 cm³/mol. The van der Waals surface area contributed by atoms with Crippen molar-refractivity contribution in [3.63, 3.8) is 0 Å². The van der Waals surface area contributed by atoms with Crippen LogP contribution in [0.2, 0.25) is 5.02 Å². The van der Waals surface area contributed by atoms with Gasteiger partial charge in [-0.2, -0.15) is 0 Å². The van der Waals surface area contributed by atoms with Crippen molar-refractivity contribution < 1.29 is 18.0 Å². The molecule has 9 heteroatoms. The van der Waals surface area contributed by atoms with Crippen molar-refractivity contribution in [1.82, 2.24) is 10.2 Å². The second kappa shape index (κ2) is 11.3. The molecule has 2 amide bonds. The molecular formula is C23H30ClN3O4S. The van der Waals surface area contributed by atoms with Gasteiger partial charge in [0.1, 0.15) is 12.6 Å². The maximum Gasteiger partial charge on any atom is 0.244 e. The molecule has 7 nitrogen and oxygen atoms in total. The third kappa shape index (κ3) is 7.53. The Morgan fingerprint density at radius 1 is 1.00 bits per heavy atom. The van der Waals surface area contributed by atoms with Crippen LogP contribution >= 0.6 is 11.6 Å². The van der Waals surface area contributed by atoms with E-state index in [0.29, 0.717) is 17.3 Å². The van der Waals surface area contributed by atoms with Crippen molar-refractivity contribution in [2.75, 3.05) is 23.7 Å². The Morgan fingerprint density at radius 2 is 1.59 bits per heavy atom. The molecule has 0 fully saturated rings. The predicted octanol–water partition coefficient (Wildman–Crippen LogP) is 3.30. The van der Waals surface area contributed by atoms with Gasteiger partial charge in [-0.25, -0.2) is 8.42 Å². The minimum atomic E-state index is -3.72. The van der Waals surface area contributed by atoms with Gasteiger partial charge in [-0.05, 0) is 42.7 Å². The van der Waals surface area contributed by atoms with Gasteiger partial charge in [0, 0.05) is 18.1 Å². The fourth-order valence-electron chi connectivity index (χ4n) is 3.03. The molecule has 0 saturated heterocycles. The van der Waals surface area contributed by atoms with Crippen LogP contribution in [0.15, 0.2) is 54.6 Å². The second-order valence-electron chi connectivity index (χ2n) is 8.07. The van der Waals surface area contributed by atoms with Gasteiger partial charge in [-0.3, -0.25) is 13.9 Å². The Morgan fingerprint density at radius 3 is 2.12 bits per heavy atom. The number of carbonyl (C=O) groups excluding carboxylic acids is 2. The van der Waals surface area contributed by atoms with Gasteiger partial charge in [-0.15, -0.1) is 0 Å². The average molecular weight is 480 g/mol. The number of benzene rings is 2. The summed E-state index contributed by atoms with van der Waals surface area (Å²) in [6.07, 6.45) is 1.05. The Hall–Kier alpha value is -2.58. The van der Waals surface area contributed by atoms with E-state index in [1.165, 1.54) is 4.90 Å². The van der Waals surface area contributed by atoms with Crippen molar-refractivity contribution in [2.24, 2.45) is 5.92 Å². The first-order valence-electron chi connectivity index (χ1n) is 10.3. The molecule has 0 bridgehead atoms. The lowest BCUT2D eigenvalue weighted by Gasteiger charge is -2.31. The van der Waals surface area contributed by atoms with Crippen LogP contribution in [0, 0.1) is 5.92 Å². The summed E-state index contributed by atoms with van der Waals surface area (Å²) in [4.78, 5) is 27.5. The van der Waals surface area contributed by atoms with E-state index >= 15 is 0 Å². The topological polar surface area (TPSA) is 86.8 Å². The first kappa shape index (κ1) is 25.7. The standard InChI is InChI=1S/C23H30ClN3O4S/c1-17(2)14-25-23(29)18(3)26(15-19-10-12-20(24)13-11-19)22(28)16-27(32(4,30)31)21-8-6-5-7-9-21/h5-13,17-18H,14-16H2,1-4H3,(H,25,29)/t18-/m0/s1. The molecule has 32 heavy (non-hydrogen) atoms. The van der Waals surface area contributed by atoms with Crippen LogP contribution in [0.4, 0.5) is 5.69 Å². The number of hydrogen-bond acceptors (Lipinski definition) is 4. The number of halogens is 1. The summed E-state index contributed by atoms with van der Waals surface area (Å²) in [5.41, 5.74) is 1.16. The number of para-hydroxylation sites is 1. The summed E-state index contributed by atoms with van der Waals surface area (Å²) < 4.78 is 25.9. The van der Waals surface area contributed by atoms with Crippen LogP contribution < -0.4 is 9.62 Å². The number of nitrogens with zero attached hydrogens (tertiary/aromatic N) is 2. The molecule has 0 saturated carbocycles. The van der Waals surface area contributed by atoms with E-state index in [1.54, 1.807) is 61.5 Å². The Bertz CT molecular complexity index is 1010. The van der Waals surface area contributed by atoms with Gasteiger partial charge in [-0.1, -0.05) is 55.8 Å². The summed E-state index contributed by atoms with van der Waals surface area (Å²) in [6, 6.07) is 14.6. The Kier molecular flexibility index (Phi) is 9.09. The molecule has 2 aromatic rings. The van der Waals surface area contributed by atoms with Crippen molar-refractivity contribution in [1.29, 1.82) is 0 Å². The monoisotopic (exact) mass is 479 g/mol. The van der Waals surface area contributed by atoms with Crippen LogP contribution in [0.5, 0.6) is 0 Å². The lowest BCUT2D eigenvalue weighted by molar-refractivity contribution is -0.139. The third-order valence-corrected chi connectivity index (χ3v) is 6.23. The highest BCUT2D eigenvalue weighted by atomic mass is 35.5. The molecule has 0 heterocycles. The molecule has 2 aromatic carbocycles. The zero-order valence-electron chi connectivity index (χ0n) is 18.8. The fourth-order valence-corrected chi connectivity index (χ4v) is 4.01. The van der Waals surface area contributed by atoms with Gasteiger partial charge in [0.2, 0.25) is 21.8 Å². The summed E-state index contributed by atoms with van der Waals surface area (Å²) in [5, 5.41) is 3.40. The SMILES string of the molecule is CC(C)CNC(=O)[C@H](C)N(Cc1ccc(Cl)cc1)C(=O)CN(c1ccccc1)S(C)(=O)=O. The maximum atomic E-state index is 13.3. The zero-order chi connectivity index (χ0) is 23.9.